The summed E-state index contributed by atoms with van der Waals surface area (Å²) in [5.41, 5.74) is 3.37. The van der Waals surface area contributed by atoms with E-state index in [9.17, 15) is 14.4 Å². The summed E-state index contributed by atoms with van der Waals surface area (Å²) < 4.78 is 0. The largest absolute Gasteiger partial charge is 0.344 e. The second-order valence-electron chi connectivity index (χ2n) is 6.78. The van der Waals surface area contributed by atoms with Crippen LogP contribution in [0.15, 0.2) is 54.9 Å². The van der Waals surface area contributed by atoms with Crippen molar-refractivity contribution < 1.29 is 14.4 Å². The van der Waals surface area contributed by atoms with Crippen LogP contribution in [0.25, 0.3) is 0 Å². The maximum absolute atomic E-state index is 12.7. The predicted octanol–water partition coefficient (Wildman–Crippen LogP) is 1.99. The quantitative estimate of drug-likeness (QED) is 0.733. The van der Waals surface area contributed by atoms with Crippen molar-refractivity contribution in [3.8, 4) is 0 Å². The Bertz CT molecular complexity index is 826. The lowest BCUT2D eigenvalue weighted by atomic mass is 9.93. The van der Waals surface area contributed by atoms with E-state index in [0.717, 1.165) is 16.1 Å². The molecule has 140 valence electrons. The number of aryl methyl sites for hydroxylation is 2. The van der Waals surface area contributed by atoms with Gasteiger partial charge in [0, 0.05) is 18.8 Å². The number of rotatable bonds is 7. The summed E-state index contributed by atoms with van der Waals surface area (Å²) in [6.45, 7) is 1.68. The van der Waals surface area contributed by atoms with Gasteiger partial charge in [-0.3, -0.25) is 20.0 Å². The van der Waals surface area contributed by atoms with E-state index in [2.05, 4.69) is 15.7 Å². The lowest BCUT2D eigenvalue weighted by Crippen LogP contribution is -2.49. The number of imide groups is 1. The number of aromatic nitrogens is 1. The SMILES string of the molecule is CC1(CCc2ccccc2)NC(=O)N(NC(=O)CCc2cccnc2)C1=O. The van der Waals surface area contributed by atoms with Crippen molar-refractivity contribution in [1.82, 2.24) is 20.7 Å². The molecule has 3 rings (SSSR count). The number of hydrogen-bond donors (Lipinski definition) is 2. The molecule has 1 fully saturated rings. The van der Waals surface area contributed by atoms with E-state index >= 15 is 0 Å². The van der Waals surface area contributed by atoms with Crippen LogP contribution in [0.5, 0.6) is 0 Å². The number of nitrogens with zero attached hydrogens (tertiary/aromatic N) is 2. The first-order valence-electron chi connectivity index (χ1n) is 8.87. The lowest BCUT2D eigenvalue weighted by molar-refractivity contribution is -0.138. The van der Waals surface area contributed by atoms with Gasteiger partial charge in [-0.2, -0.15) is 5.01 Å². The minimum atomic E-state index is -1.04. The summed E-state index contributed by atoms with van der Waals surface area (Å²) in [5.74, 6) is -0.840. The molecule has 0 saturated carbocycles. The van der Waals surface area contributed by atoms with Crippen LogP contribution in [-0.4, -0.2) is 33.4 Å². The minimum Gasteiger partial charge on any atom is -0.322 e. The molecule has 1 atom stereocenters. The fraction of sp³-hybridized carbons (Fsp3) is 0.300. The molecule has 27 heavy (non-hydrogen) atoms. The Morgan fingerprint density at radius 1 is 1.11 bits per heavy atom. The van der Waals surface area contributed by atoms with Crippen molar-refractivity contribution in [1.29, 1.82) is 0 Å². The van der Waals surface area contributed by atoms with Crippen LogP contribution in [0.3, 0.4) is 0 Å². The Kier molecular flexibility index (Phi) is 5.49. The van der Waals surface area contributed by atoms with Crippen molar-refractivity contribution in [2.45, 2.75) is 38.1 Å². The van der Waals surface area contributed by atoms with Gasteiger partial charge in [0.2, 0.25) is 5.91 Å². The number of urea groups is 1. The molecule has 0 spiro atoms. The predicted molar refractivity (Wildman–Crippen MR) is 99.2 cm³/mol. The molecule has 0 bridgehead atoms. The normalized spacial score (nSPS) is 19.1. The van der Waals surface area contributed by atoms with Crippen LogP contribution in [0, 0.1) is 0 Å². The molecule has 7 nitrogen and oxygen atoms in total. The second kappa shape index (κ2) is 7.99. The van der Waals surface area contributed by atoms with Gasteiger partial charge in [0.1, 0.15) is 5.54 Å². The zero-order valence-electron chi connectivity index (χ0n) is 15.1. The van der Waals surface area contributed by atoms with Crippen molar-refractivity contribution in [3.05, 3.63) is 66.0 Å². The molecule has 2 N–H and O–H groups in total. The van der Waals surface area contributed by atoms with Gasteiger partial charge in [-0.1, -0.05) is 36.4 Å². The third kappa shape index (κ3) is 4.49. The lowest BCUT2D eigenvalue weighted by Gasteiger charge is -2.21. The monoisotopic (exact) mass is 366 g/mol. The smallest absolute Gasteiger partial charge is 0.322 e. The Balaban J connectivity index is 1.55. The van der Waals surface area contributed by atoms with E-state index in [1.807, 2.05) is 36.4 Å². The molecule has 1 unspecified atom stereocenters. The van der Waals surface area contributed by atoms with Crippen LogP contribution in [0.1, 0.15) is 30.9 Å². The number of benzene rings is 1. The summed E-state index contributed by atoms with van der Waals surface area (Å²) >= 11 is 0. The molecule has 2 heterocycles. The Labute approximate surface area is 157 Å². The summed E-state index contributed by atoms with van der Waals surface area (Å²) in [6.07, 6.45) is 5.07. The van der Waals surface area contributed by atoms with Crippen LogP contribution in [0.2, 0.25) is 0 Å². The highest BCUT2D eigenvalue weighted by atomic mass is 16.2. The third-order valence-corrected chi connectivity index (χ3v) is 4.62. The van der Waals surface area contributed by atoms with Crippen molar-refractivity contribution in [2.75, 3.05) is 0 Å². The zero-order chi connectivity index (χ0) is 19.3. The van der Waals surface area contributed by atoms with Gasteiger partial charge < -0.3 is 5.32 Å². The minimum absolute atomic E-state index is 0.156. The Hall–Kier alpha value is -3.22. The second-order valence-corrected chi connectivity index (χ2v) is 6.78. The van der Waals surface area contributed by atoms with Gasteiger partial charge in [0.05, 0.1) is 0 Å². The third-order valence-electron chi connectivity index (χ3n) is 4.62. The van der Waals surface area contributed by atoms with Crippen molar-refractivity contribution in [3.63, 3.8) is 0 Å². The van der Waals surface area contributed by atoms with Gasteiger partial charge in [-0.05, 0) is 43.4 Å². The fourth-order valence-corrected chi connectivity index (χ4v) is 2.98. The molecule has 1 aromatic carbocycles. The van der Waals surface area contributed by atoms with E-state index < -0.39 is 23.4 Å². The van der Waals surface area contributed by atoms with E-state index in [4.69, 9.17) is 0 Å². The average molecular weight is 366 g/mol. The maximum Gasteiger partial charge on any atom is 0.344 e. The Morgan fingerprint density at radius 2 is 1.85 bits per heavy atom. The van der Waals surface area contributed by atoms with Crippen LogP contribution in [-0.2, 0) is 22.4 Å². The number of pyridine rings is 1. The highest BCUT2D eigenvalue weighted by Gasteiger charge is 2.48. The standard InChI is InChI=1S/C20H22N4O3/c1-20(12-11-15-6-3-2-4-7-15)18(26)24(19(27)22-20)23-17(25)10-9-16-8-5-13-21-14-16/h2-8,13-14H,9-12H2,1H3,(H,22,27)(H,23,25). The summed E-state index contributed by atoms with van der Waals surface area (Å²) in [7, 11) is 0. The molecular weight excluding hydrogens is 344 g/mol. The van der Waals surface area contributed by atoms with E-state index in [1.165, 1.54) is 0 Å². The molecule has 2 aromatic rings. The number of nitrogens with one attached hydrogen (secondary N) is 2. The van der Waals surface area contributed by atoms with Crippen molar-refractivity contribution in [2.24, 2.45) is 0 Å². The molecule has 1 aliphatic heterocycles. The summed E-state index contributed by atoms with van der Waals surface area (Å²) in [4.78, 5) is 41.0. The fourth-order valence-electron chi connectivity index (χ4n) is 2.98. The Morgan fingerprint density at radius 3 is 2.56 bits per heavy atom. The summed E-state index contributed by atoms with van der Waals surface area (Å²) in [5, 5.41) is 3.48. The van der Waals surface area contributed by atoms with E-state index in [1.54, 1.807) is 25.4 Å². The van der Waals surface area contributed by atoms with E-state index in [-0.39, 0.29) is 6.42 Å². The molecule has 0 aliphatic carbocycles. The first kappa shape index (κ1) is 18.6. The molecule has 1 aliphatic rings. The number of hydrogen-bond acceptors (Lipinski definition) is 4. The highest BCUT2D eigenvalue weighted by Crippen LogP contribution is 2.22. The first-order valence-corrected chi connectivity index (χ1v) is 8.87. The van der Waals surface area contributed by atoms with Gasteiger partial charge in [-0.25, -0.2) is 4.79 Å². The number of carbonyl (C=O) groups is 3. The van der Waals surface area contributed by atoms with Crippen LogP contribution >= 0.6 is 0 Å². The average Bonchev–Trinajstić information content (AvgIpc) is 2.90. The maximum atomic E-state index is 12.7. The van der Waals surface area contributed by atoms with E-state index in [0.29, 0.717) is 19.3 Å². The molecule has 1 aromatic heterocycles. The first-order chi connectivity index (χ1) is 13.0. The number of hydrazine groups is 1. The van der Waals surface area contributed by atoms with Crippen LogP contribution in [0.4, 0.5) is 4.79 Å². The van der Waals surface area contributed by atoms with Gasteiger partial charge in [0.25, 0.3) is 5.91 Å². The molecule has 0 radical (unpaired) electrons. The van der Waals surface area contributed by atoms with Crippen molar-refractivity contribution >= 4 is 17.8 Å². The number of amides is 4. The topological polar surface area (TPSA) is 91.4 Å². The summed E-state index contributed by atoms with van der Waals surface area (Å²) in [6, 6.07) is 12.8. The van der Waals surface area contributed by atoms with Gasteiger partial charge >= 0.3 is 6.03 Å². The molecule has 4 amide bonds. The molecule has 7 heteroatoms. The number of carbonyl (C=O) groups excluding carboxylic acids is 3. The van der Waals surface area contributed by atoms with Gasteiger partial charge in [0.15, 0.2) is 0 Å². The molecule has 1 saturated heterocycles. The highest BCUT2D eigenvalue weighted by molar-refractivity contribution is 6.07. The molecular formula is C20H22N4O3. The van der Waals surface area contributed by atoms with Crippen LogP contribution < -0.4 is 10.7 Å². The van der Waals surface area contributed by atoms with Gasteiger partial charge in [-0.15, -0.1) is 0 Å². The zero-order valence-corrected chi connectivity index (χ0v) is 15.1.